The zero-order valence-electron chi connectivity index (χ0n) is 12.1. The van der Waals surface area contributed by atoms with E-state index in [-0.39, 0.29) is 5.54 Å². The van der Waals surface area contributed by atoms with Crippen LogP contribution >= 0.6 is 0 Å². The first-order valence-electron chi connectivity index (χ1n) is 6.99. The zero-order valence-corrected chi connectivity index (χ0v) is 12.1. The number of hydrogen-bond acceptors (Lipinski definition) is 1. The maximum Gasteiger partial charge on any atom is 0.192 e. The monoisotopic (exact) mass is 239 g/mol. The zero-order chi connectivity index (χ0) is 12.9. The van der Waals surface area contributed by atoms with Crippen molar-refractivity contribution in [3.8, 4) is 0 Å². The number of nitrogens with one attached hydrogen (secondary N) is 2. The topological polar surface area (TPSA) is 36.4 Å². The van der Waals surface area contributed by atoms with Crippen LogP contribution in [0.15, 0.2) is 4.99 Å². The molecule has 0 radical (unpaired) electrons. The Morgan fingerprint density at radius 3 is 2.18 bits per heavy atom. The lowest BCUT2D eigenvalue weighted by atomic mass is 9.96. The first kappa shape index (κ1) is 14.3. The standard InChI is InChI=1S/C14H29N3/c1-11(2)15-13(17-14(3,4)5)16-12-9-7-6-8-10-12/h11-12H,6-10H2,1-5H3,(H2,15,16,17). The predicted octanol–water partition coefficient (Wildman–Crippen LogP) is 3.06. The molecule has 1 rings (SSSR count). The van der Waals surface area contributed by atoms with Crippen LogP contribution in [0.4, 0.5) is 0 Å². The molecule has 1 saturated carbocycles. The summed E-state index contributed by atoms with van der Waals surface area (Å²) in [6, 6.07) is 0.937. The summed E-state index contributed by atoms with van der Waals surface area (Å²) >= 11 is 0. The van der Waals surface area contributed by atoms with Crippen LogP contribution in [0.5, 0.6) is 0 Å². The molecule has 3 nitrogen and oxygen atoms in total. The fraction of sp³-hybridized carbons (Fsp3) is 0.929. The van der Waals surface area contributed by atoms with Gasteiger partial charge in [-0.05, 0) is 47.5 Å². The molecule has 0 aliphatic heterocycles. The van der Waals surface area contributed by atoms with E-state index in [9.17, 15) is 0 Å². The van der Waals surface area contributed by atoms with Gasteiger partial charge in [-0.15, -0.1) is 0 Å². The highest BCUT2D eigenvalue weighted by Gasteiger charge is 2.17. The molecule has 0 aromatic heterocycles. The Morgan fingerprint density at radius 1 is 1.12 bits per heavy atom. The van der Waals surface area contributed by atoms with Gasteiger partial charge in [0.15, 0.2) is 5.96 Å². The third kappa shape index (κ3) is 6.54. The van der Waals surface area contributed by atoms with Crippen molar-refractivity contribution in [1.29, 1.82) is 0 Å². The van der Waals surface area contributed by atoms with Crippen molar-refractivity contribution in [3.05, 3.63) is 0 Å². The maximum atomic E-state index is 4.86. The van der Waals surface area contributed by atoms with Crippen molar-refractivity contribution < 1.29 is 0 Å². The summed E-state index contributed by atoms with van der Waals surface area (Å²) in [6.45, 7) is 10.8. The van der Waals surface area contributed by atoms with E-state index in [0.29, 0.717) is 12.1 Å². The van der Waals surface area contributed by atoms with Crippen molar-refractivity contribution >= 4 is 5.96 Å². The lowest BCUT2D eigenvalue weighted by Crippen LogP contribution is -2.50. The first-order valence-corrected chi connectivity index (χ1v) is 6.99. The van der Waals surface area contributed by atoms with Gasteiger partial charge in [0.2, 0.25) is 0 Å². The van der Waals surface area contributed by atoms with Crippen molar-refractivity contribution in [2.75, 3.05) is 0 Å². The highest BCUT2D eigenvalue weighted by Crippen LogP contribution is 2.20. The maximum absolute atomic E-state index is 4.86. The normalized spacial score (nSPS) is 19.5. The Labute approximate surface area is 106 Å². The lowest BCUT2D eigenvalue weighted by molar-refractivity contribution is 0.434. The molecule has 3 heteroatoms. The van der Waals surface area contributed by atoms with E-state index in [4.69, 9.17) is 4.99 Å². The van der Waals surface area contributed by atoms with Gasteiger partial charge in [0.05, 0.1) is 6.04 Å². The molecule has 0 unspecified atom stereocenters. The summed E-state index contributed by atoms with van der Waals surface area (Å²) in [5, 5.41) is 6.90. The molecule has 17 heavy (non-hydrogen) atoms. The Balaban J connectivity index is 2.63. The molecule has 0 heterocycles. The number of nitrogens with zero attached hydrogens (tertiary/aromatic N) is 1. The average molecular weight is 239 g/mol. The van der Waals surface area contributed by atoms with Gasteiger partial charge < -0.3 is 10.6 Å². The van der Waals surface area contributed by atoms with E-state index in [0.717, 1.165) is 5.96 Å². The van der Waals surface area contributed by atoms with Crippen LogP contribution < -0.4 is 10.6 Å². The van der Waals surface area contributed by atoms with E-state index in [1.807, 2.05) is 0 Å². The SMILES string of the molecule is CC(C)N/C(=N/C1CCCCC1)NC(C)(C)C. The van der Waals surface area contributed by atoms with Crippen molar-refractivity contribution in [2.24, 2.45) is 4.99 Å². The number of aliphatic imine (C=N–C) groups is 1. The number of guanidine groups is 1. The molecule has 0 aromatic rings. The summed E-state index contributed by atoms with van der Waals surface area (Å²) < 4.78 is 0. The minimum atomic E-state index is 0.0649. The van der Waals surface area contributed by atoms with E-state index in [1.165, 1.54) is 32.1 Å². The Morgan fingerprint density at radius 2 is 1.71 bits per heavy atom. The molecule has 1 aliphatic carbocycles. The molecule has 0 atom stereocenters. The van der Waals surface area contributed by atoms with Gasteiger partial charge in [0, 0.05) is 11.6 Å². The van der Waals surface area contributed by atoms with Crippen LogP contribution in [-0.2, 0) is 0 Å². The third-order valence-electron chi connectivity index (χ3n) is 2.81. The van der Waals surface area contributed by atoms with E-state index < -0.39 is 0 Å². The molecule has 1 aliphatic rings. The van der Waals surface area contributed by atoms with Crippen molar-refractivity contribution in [2.45, 2.75) is 84.3 Å². The Hall–Kier alpha value is -0.730. The van der Waals surface area contributed by atoms with E-state index >= 15 is 0 Å². The Bertz CT molecular complexity index is 245. The van der Waals surface area contributed by atoms with Crippen LogP contribution in [0.3, 0.4) is 0 Å². The second kappa shape index (κ2) is 6.27. The summed E-state index contributed by atoms with van der Waals surface area (Å²) in [5.74, 6) is 0.972. The predicted molar refractivity (Wildman–Crippen MR) is 75.5 cm³/mol. The van der Waals surface area contributed by atoms with Gasteiger partial charge in [0.25, 0.3) is 0 Å². The van der Waals surface area contributed by atoms with Crippen molar-refractivity contribution in [3.63, 3.8) is 0 Å². The quantitative estimate of drug-likeness (QED) is 0.574. The van der Waals surface area contributed by atoms with Crippen LogP contribution in [0.25, 0.3) is 0 Å². The molecular formula is C14H29N3. The molecule has 1 fully saturated rings. The van der Waals surface area contributed by atoms with Crippen molar-refractivity contribution in [1.82, 2.24) is 10.6 Å². The average Bonchev–Trinajstić information content (AvgIpc) is 2.15. The molecule has 100 valence electrons. The van der Waals surface area contributed by atoms with Crippen LogP contribution in [0, 0.1) is 0 Å². The van der Waals surface area contributed by atoms with Crippen LogP contribution in [-0.4, -0.2) is 23.6 Å². The number of hydrogen-bond donors (Lipinski definition) is 2. The molecule has 2 N–H and O–H groups in total. The molecule has 0 aromatic carbocycles. The molecular weight excluding hydrogens is 210 g/mol. The first-order chi connectivity index (χ1) is 7.87. The van der Waals surface area contributed by atoms with Crippen LogP contribution in [0.1, 0.15) is 66.7 Å². The minimum Gasteiger partial charge on any atom is -0.354 e. The van der Waals surface area contributed by atoms with E-state index in [1.54, 1.807) is 0 Å². The second-order valence-corrected chi connectivity index (χ2v) is 6.44. The summed E-state index contributed by atoms with van der Waals surface area (Å²) in [4.78, 5) is 4.86. The third-order valence-corrected chi connectivity index (χ3v) is 2.81. The van der Waals surface area contributed by atoms with Gasteiger partial charge in [-0.2, -0.15) is 0 Å². The van der Waals surface area contributed by atoms with Gasteiger partial charge in [0.1, 0.15) is 0 Å². The van der Waals surface area contributed by atoms with Gasteiger partial charge in [-0.3, -0.25) is 0 Å². The van der Waals surface area contributed by atoms with Gasteiger partial charge in [-0.1, -0.05) is 19.3 Å². The second-order valence-electron chi connectivity index (χ2n) is 6.44. The fourth-order valence-electron chi connectivity index (χ4n) is 2.13. The van der Waals surface area contributed by atoms with Gasteiger partial charge >= 0.3 is 0 Å². The molecule has 0 amide bonds. The summed E-state index contributed by atoms with van der Waals surface area (Å²) in [5.41, 5.74) is 0.0649. The largest absolute Gasteiger partial charge is 0.354 e. The minimum absolute atomic E-state index is 0.0649. The highest BCUT2D eigenvalue weighted by molar-refractivity contribution is 5.80. The summed E-state index contributed by atoms with van der Waals surface area (Å²) in [7, 11) is 0. The van der Waals surface area contributed by atoms with Gasteiger partial charge in [-0.25, -0.2) is 4.99 Å². The Kier molecular flexibility index (Phi) is 5.29. The van der Waals surface area contributed by atoms with Crippen LogP contribution in [0.2, 0.25) is 0 Å². The smallest absolute Gasteiger partial charge is 0.192 e. The molecule has 0 saturated heterocycles. The lowest BCUT2D eigenvalue weighted by Gasteiger charge is -2.27. The van der Waals surface area contributed by atoms with E-state index in [2.05, 4.69) is 45.3 Å². The fourth-order valence-corrected chi connectivity index (χ4v) is 2.13. The highest BCUT2D eigenvalue weighted by atomic mass is 15.2. The molecule has 0 bridgehead atoms. The summed E-state index contributed by atoms with van der Waals surface area (Å²) in [6.07, 6.45) is 6.53. The molecule has 0 spiro atoms. The number of rotatable bonds is 2.